The molecule has 0 aliphatic rings. The molecule has 0 aromatic heterocycles. The van der Waals surface area contributed by atoms with E-state index in [0.29, 0.717) is 5.02 Å². The third-order valence-electron chi connectivity index (χ3n) is 1.27. The molecule has 0 spiro atoms. The number of aliphatic carboxylic acids is 1. The van der Waals surface area contributed by atoms with Crippen LogP contribution in [-0.2, 0) is 4.79 Å². The second kappa shape index (κ2) is 5.90. The minimum atomic E-state index is -1.72. The third-order valence-corrected chi connectivity index (χ3v) is 1.51. The number of halogens is 1. The Balaban J connectivity index is 0.00000144. The predicted molar refractivity (Wildman–Crippen MR) is 40.8 cm³/mol. The Hall–Kier alpha value is 0.286. The summed E-state index contributed by atoms with van der Waals surface area (Å²) in [5, 5.41) is 10.4. The van der Waals surface area contributed by atoms with Gasteiger partial charge in [-0.05, 0) is 12.1 Å². The van der Waals surface area contributed by atoms with Crippen molar-refractivity contribution in [2.75, 3.05) is 0 Å². The molecule has 0 amide bonds. The number of ketones is 1. The second-order valence-corrected chi connectivity index (χ2v) is 2.56. The van der Waals surface area contributed by atoms with Gasteiger partial charge in [-0.1, -0.05) is 23.7 Å². The van der Waals surface area contributed by atoms with Crippen molar-refractivity contribution < 1.29 is 66.1 Å². The average Bonchev–Trinajstić information content (AvgIpc) is 2.03. The molecule has 0 unspecified atom stereocenters. The standard InChI is InChI=1S/C8H5ClO3.K/c9-6-3-1-2-5(4-6)7(10)8(11)12;/h1-4H,(H,11,12);/q;+1/p-1. The largest absolute Gasteiger partial charge is 1.00 e. The Morgan fingerprint density at radius 1 is 1.31 bits per heavy atom. The van der Waals surface area contributed by atoms with E-state index in [-0.39, 0.29) is 56.9 Å². The summed E-state index contributed by atoms with van der Waals surface area (Å²) in [5.41, 5.74) is 0.0301. The molecule has 0 bridgehead atoms. The van der Waals surface area contributed by atoms with Crippen LogP contribution in [0.2, 0.25) is 5.02 Å². The third kappa shape index (κ3) is 3.89. The van der Waals surface area contributed by atoms with Crippen LogP contribution in [0.3, 0.4) is 0 Å². The number of hydrogen-bond donors (Lipinski definition) is 0. The molecule has 5 heteroatoms. The van der Waals surface area contributed by atoms with Crippen molar-refractivity contribution in [3.63, 3.8) is 0 Å². The fourth-order valence-corrected chi connectivity index (χ4v) is 0.938. The number of carbonyl (C=O) groups excluding carboxylic acids is 2. The Morgan fingerprint density at radius 3 is 2.38 bits per heavy atom. The molecule has 0 radical (unpaired) electrons. The minimum Gasteiger partial charge on any atom is -0.541 e. The quantitative estimate of drug-likeness (QED) is 0.310. The van der Waals surface area contributed by atoms with Gasteiger partial charge < -0.3 is 9.90 Å². The maximum Gasteiger partial charge on any atom is 1.00 e. The summed E-state index contributed by atoms with van der Waals surface area (Å²) < 4.78 is 0. The number of carboxylic acid groups (broad SMARTS) is 1. The fourth-order valence-electron chi connectivity index (χ4n) is 0.748. The molecule has 0 aliphatic carbocycles. The van der Waals surface area contributed by atoms with Crippen molar-refractivity contribution in [2.24, 2.45) is 0 Å². The molecule has 1 aromatic carbocycles. The first kappa shape index (κ1) is 13.3. The molecule has 62 valence electrons. The normalized spacial score (nSPS) is 8.69. The van der Waals surface area contributed by atoms with Gasteiger partial charge in [0.05, 0.1) is 0 Å². The van der Waals surface area contributed by atoms with Crippen molar-refractivity contribution in [3.8, 4) is 0 Å². The SMILES string of the molecule is O=C([O-])C(=O)c1cccc(Cl)c1.[K+]. The van der Waals surface area contributed by atoms with E-state index in [1.165, 1.54) is 18.2 Å². The number of carboxylic acids is 1. The van der Waals surface area contributed by atoms with E-state index in [2.05, 4.69) is 0 Å². The van der Waals surface area contributed by atoms with Crippen LogP contribution in [0.25, 0.3) is 0 Å². The van der Waals surface area contributed by atoms with Crippen LogP contribution in [0.5, 0.6) is 0 Å². The summed E-state index contributed by atoms with van der Waals surface area (Å²) in [6.07, 6.45) is 0. The van der Waals surface area contributed by atoms with Crippen molar-refractivity contribution in [1.29, 1.82) is 0 Å². The van der Waals surface area contributed by atoms with Gasteiger partial charge in [0, 0.05) is 10.6 Å². The fraction of sp³-hybridized carbons (Fsp3) is 0. The second-order valence-electron chi connectivity index (χ2n) is 2.13. The zero-order chi connectivity index (χ0) is 9.14. The molecule has 3 nitrogen and oxygen atoms in total. The van der Waals surface area contributed by atoms with Crippen molar-refractivity contribution in [3.05, 3.63) is 34.9 Å². The van der Waals surface area contributed by atoms with Gasteiger partial charge in [0.15, 0.2) is 0 Å². The molecular weight excluding hydrogens is 219 g/mol. The summed E-state index contributed by atoms with van der Waals surface area (Å²) in [6.45, 7) is 0. The van der Waals surface area contributed by atoms with E-state index in [1.54, 1.807) is 6.07 Å². The van der Waals surface area contributed by atoms with Crippen molar-refractivity contribution in [1.82, 2.24) is 0 Å². The Kier molecular flexibility index (Phi) is 6.03. The number of benzene rings is 1. The molecular formula is C8H4ClKO3. The van der Waals surface area contributed by atoms with E-state index in [4.69, 9.17) is 11.6 Å². The smallest absolute Gasteiger partial charge is 0.541 e. The molecule has 0 N–H and O–H groups in total. The van der Waals surface area contributed by atoms with E-state index >= 15 is 0 Å². The van der Waals surface area contributed by atoms with E-state index < -0.39 is 11.8 Å². The molecule has 0 saturated carbocycles. The average molecular weight is 223 g/mol. The van der Waals surface area contributed by atoms with Gasteiger partial charge in [-0.3, -0.25) is 4.79 Å². The zero-order valence-electron chi connectivity index (χ0n) is 6.91. The summed E-state index contributed by atoms with van der Waals surface area (Å²) in [6, 6.07) is 5.69. The number of Topliss-reactive ketones (excluding diaryl/α,β-unsaturated/α-hetero) is 1. The van der Waals surface area contributed by atoms with E-state index in [1.807, 2.05) is 0 Å². The van der Waals surface area contributed by atoms with Gasteiger partial charge >= 0.3 is 51.4 Å². The first-order chi connectivity index (χ1) is 5.61. The minimum absolute atomic E-state index is 0. The van der Waals surface area contributed by atoms with Gasteiger partial charge in [-0.25, -0.2) is 0 Å². The van der Waals surface area contributed by atoms with Gasteiger partial charge in [0.25, 0.3) is 0 Å². The van der Waals surface area contributed by atoms with Crippen LogP contribution in [0, 0.1) is 0 Å². The topological polar surface area (TPSA) is 57.2 Å². The number of rotatable bonds is 2. The number of carbonyl (C=O) groups is 2. The molecule has 13 heavy (non-hydrogen) atoms. The van der Waals surface area contributed by atoms with Crippen LogP contribution in [0.1, 0.15) is 10.4 Å². The van der Waals surface area contributed by atoms with Crippen LogP contribution >= 0.6 is 11.6 Å². The summed E-state index contributed by atoms with van der Waals surface area (Å²) in [4.78, 5) is 20.9. The van der Waals surface area contributed by atoms with Crippen molar-refractivity contribution in [2.45, 2.75) is 0 Å². The molecule has 1 aromatic rings. The molecule has 1 rings (SSSR count). The van der Waals surface area contributed by atoms with Crippen LogP contribution in [0.4, 0.5) is 0 Å². The summed E-state index contributed by atoms with van der Waals surface area (Å²) >= 11 is 5.53. The Morgan fingerprint density at radius 2 is 1.92 bits per heavy atom. The number of hydrogen-bond acceptors (Lipinski definition) is 3. The first-order valence-electron chi connectivity index (χ1n) is 3.12. The van der Waals surface area contributed by atoms with Crippen LogP contribution in [-0.4, -0.2) is 11.8 Å². The molecule has 0 saturated heterocycles. The maximum atomic E-state index is 10.8. The monoisotopic (exact) mass is 222 g/mol. The zero-order valence-corrected chi connectivity index (χ0v) is 10.8. The maximum absolute atomic E-state index is 10.8. The van der Waals surface area contributed by atoms with Crippen LogP contribution in [0.15, 0.2) is 24.3 Å². The van der Waals surface area contributed by atoms with Crippen molar-refractivity contribution >= 4 is 23.4 Å². The summed E-state index contributed by atoms with van der Waals surface area (Å²) in [5.74, 6) is -2.78. The van der Waals surface area contributed by atoms with Crippen LogP contribution < -0.4 is 56.5 Å². The van der Waals surface area contributed by atoms with Gasteiger partial charge in [-0.2, -0.15) is 0 Å². The molecule has 0 heterocycles. The molecule has 0 aliphatic heterocycles. The summed E-state index contributed by atoms with van der Waals surface area (Å²) in [7, 11) is 0. The molecule has 0 fully saturated rings. The van der Waals surface area contributed by atoms with Gasteiger partial charge in [0.2, 0.25) is 5.78 Å². The predicted octanol–water partition coefficient (Wildman–Crippen LogP) is -2.72. The van der Waals surface area contributed by atoms with E-state index in [0.717, 1.165) is 0 Å². The Labute approximate surface area is 123 Å². The first-order valence-corrected chi connectivity index (χ1v) is 3.50. The van der Waals surface area contributed by atoms with E-state index in [9.17, 15) is 14.7 Å². The Bertz CT molecular complexity index is 338. The van der Waals surface area contributed by atoms with Gasteiger partial charge in [-0.15, -0.1) is 0 Å². The molecule has 0 atom stereocenters. The van der Waals surface area contributed by atoms with Gasteiger partial charge in [0.1, 0.15) is 5.97 Å².